The van der Waals surface area contributed by atoms with Gasteiger partial charge in [-0.3, -0.25) is 9.59 Å². The van der Waals surface area contributed by atoms with Gasteiger partial charge >= 0.3 is 0 Å². The van der Waals surface area contributed by atoms with Gasteiger partial charge in [-0.1, -0.05) is 24.3 Å². The summed E-state index contributed by atoms with van der Waals surface area (Å²) >= 11 is 0. The van der Waals surface area contributed by atoms with Crippen LogP contribution in [0, 0.1) is 5.82 Å². The van der Waals surface area contributed by atoms with Gasteiger partial charge < -0.3 is 4.74 Å². The van der Waals surface area contributed by atoms with Crippen molar-refractivity contribution < 1.29 is 27.1 Å². The van der Waals surface area contributed by atoms with Gasteiger partial charge in [-0.25, -0.2) is 22.1 Å². The molecule has 0 N–H and O–H groups in total. The van der Waals surface area contributed by atoms with Crippen LogP contribution in [0.2, 0.25) is 0 Å². The summed E-state index contributed by atoms with van der Waals surface area (Å²) in [5.74, 6) is -0.811. The molecule has 1 aliphatic rings. The summed E-state index contributed by atoms with van der Waals surface area (Å²) in [6.45, 7) is 2.58. The third-order valence-corrected chi connectivity index (χ3v) is 7.62. The Morgan fingerprint density at radius 2 is 1.58 bits per heavy atom. The Bertz CT molecular complexity index is 1420. The van der Waals surface area contributed by atoms with E-state index in [4.69, 9.17) is 4.74 Å². The summed E-state index contributed by atoms with van der Waals surface area (Å²) in [4.78, 5) is 24.4. The lowest BCUT2D eigenvalue weighted by Gasteiger charge is -2.21. The number of nitrogens with zero attached hydrogens (tertiary/aromatic N) is 3. The highest BCUT2D eigenvalue weighted by atomic mass is 32.2. The van der Waals surface area contributed by atoms with Crippen LogP contribution in [0.3, 0.4) is 0 Å². The Balaban J connectivity index is 1.62. The van der Waals surface area contributed by atoms with Crippen LogP contribution >= 0.6 is 0 Å². The predicted octanol–water partition coefficient (Wildman–Crippen LogP) is 4.27. The van der Waals surface area contributed by atoms with Crippen LogP contribution in [0.4, 0.5) is 10.1 Å². The summed E-state index contributed by atoms with van der Waals surface area (Å²) in [5.41, 5.74) is 2.36. The Hall–Kier alpha value is -4.05. The summed E-state index contributed by atoms with van der Waals surface area (Å²) in [6, 6.07) is 17.7. The van der Waals surface area contributed by atoms with Crippen molar-refractivity contribution in [1.29, 1.82) is 0 Å². The summed E-state index contributed by atoms with van der Waals surface area (Å²) in [6.07, 6.45) is 0.454. The minimum Gasteiger partial charge on any atom is -0.497 e. The maximum absolute atomic E-state index is 13.3. The van der Waals surface area contributed by atoms with Crippen molar-refractivity contribution in [3.8, 4) is 5.75 Å². The molecule has 0 bridgehead atoms. The first-order valence-corrected chi connectivity index (χ1v) is 12.5. The molecule has 0 spiro atoms. The number of anilines is 1. The largest absolute Gasteiger partial charge is 0.497 e. The molecule has 0 fully saturated rings. The molecule has 36 heavy (non-hydrogen) atoms. The highest BCUT2D eigenvalue weighted by molar-refractivity contribution is 7.93. The lowest BCUT2D eigenvalue weighted by molar-refractivity contribution is -0.130. The van der Waals surface area contributed by atoms with Crippen LogP contribution in [0.1, 0.15) is 37.4 Å². The van der Waals surface area contributed by atoms with Crippen molar-refractivity contribution in [1.82, 2.24) is 5.01 Å². The van der Waals surface area contributed by atoms with Gasteiger partial charge in [-0.15, -0.1) is 0 Å². The number of hydrogen-bond acceptors (Lipinski definition) is 6. The third kappa shape index (κ3) is 4.85. The fraction of sp³-hybridized carbons (Fsp3) is 0.192. The monoisotopic (exact) mass is 509 g/mol. The number of hydrogen-bond donors (Lipinski definition) is 0. The van der Waals surface area contributed by atoms with E-state index in [-0.39, 0.29) is 22.5 Å². The van der Waals surface area contributed by atoms with E-state index in [1.54, 1.807) is 19.2 Å². The van der Waals surface area contributed by atoms with Crippen molar-refractivity contribution in [2.45, 2.75) is 31.2 Å². The molecular formula is C26H24FN3O5S. The van der Waals surface area contributed by atoms with Gasteiger partial charge in [-0.05, 0) is 59.7 Å². The standard InChI is InChI=1S/C26H24FN3O5S/c1-17(31)29-26(20-6-12-23(35-3)13-7-20)16-25(28-29)19-4-10-22(11-5-19)30(18(2)32)36(33,34)24-14-8-21(27)9-15-24/h4-15,26H,16H2,1-3H3. The lowest BCUT2D eigenvalue weighted by Crippen LogP contribution is -2.35. The normalized spacial score (nSPS) is 15.4. The van der Waals surface area contributed by atoms with Crippen molar-refractivity contribution in [3.63, 3.8) is 0 Å². The van der Waals surface area contributed by atoms with Gasteiger partial charge in [0.15, 0.2) is 0 Å². The molecule has 1 aliphatic heterocycles. The average Bonchev–Trinajstić information content (AvgIpc) is 3.30. The van der Waals surface area contributed by atoms with Gasteiger partial charge in [0.1, 0.15) is 11.6 Å². The highest BCUT2D eigenvalue weighted by Gasteiger charge is 2.32. The van der Waals surface area contributed by atoms with E-state index in [0.717, 1.165) is 36.8 Å². The van der Waals surface area contributed by atoms with Crippen LogP contribution in [0.5, 0.6) is 5.75 Å². The molecule has 0 aromatic heterocycles. The lowest BCUT2D eigenvalue weighted by atomic mass is 9.98. The number of amides is 2. The first-order valence-electron chi connectivity index (χ1n) is 11.0. The SMILES string of the molecule is COc1ccc(C2CC(c3ccc(N(C(C)=O)S(=O)(=O)c4ccc(F)cc4)cc3)=NN2C(C)=O)cc1. The second-order valence-electron chi connectivity index (χ2n) is 8.19. The number of sulfonamides is 1. The quantitative estimate of drug-likeness (QED) is 0.494. The van der Waals surface area contributed by atoms with E-state index in [2.05, 4.69) is 5.10 Å². The fourth-order valence-electron chi connectivity index (χ4n) is 4.05. The maximum Gasteiger partial charge on any atom is 0.270 e. The number of carbonyl (C=O) groups excluding carboxylic acids is 2. The topological polar surface area (TPSA) is 96.3 Å². The molecule has 0 saturated heterocycles. The van der Waals surface area contributed by atoms with Crippen molar-refractivity contribution in [2.75, 3.05) is 11.4 Å². The zero-order valence-electron chi connectivity index (χ0n) is 19.9. The number of hydrazone groups is 1. The van der Waals surface area contributed by atoms with E-state index in [1.807, 2.05) is 24.3 Å². The number of ether oxygens (including phenoxy) is 1. The van der Waals surface area contributed by atoms with E-state index < -0.39 is 21.7 Å². The fourth-order valence-corrected chi connectivity index (χ4v) is 5.48. The minimum atomic E-state index is -4.25. The van der Waals surface area contributed by atoms with Crippen molar-refractivity contribution in [3.05, 3.63) is 89.7 Å². The van der Waals surface area contributed by atoms with Gasteiger partial charge in [0.05, 0.1) is 29.4 Å². The number of rotatable bonds is 6. The van der Waals surface area contributed by atoms with Gasteiger partial charge in [0, 0.05) is 20.3 Å². The van der Waals surface area contributed by atoms with E-state index in [1.165, 1.54) is 24.1 Å². The molecule has 1 unspecified atom stereocenters. The molecule has 8 nitrogen and oxygen atoms in total. The Kier molecular flexibility index (Phi) is 6.89. The van der Waals surface area contributed by atoms with Crippen LogP contribution in [-0.2, 0) is 19.6 Å². The molecule has 2 amide bonds. The third-order valence-electron chi connectivity index (χ3n) is 5.81. The van der Waals surface area contributed by atoms with Gasteiger partial charge in [0.2, 0.25) is 11.8 Å². The molecule has 0 saturated carbocycles. The smallest absolute Gasteiger partial charge is 0.270 e. The predicted molar refractivity (Wildman–Crippen MR) is 133 cm³/mol. The van der Waals surface area contributed by atoms with Crippen LogP contribution in [0.25, 0.3) is 0 Å². The number of benzene rings is 3. The Morgan fingerprint density at radius 1 is 0.972 bits per heavy atom. The zero-order chi connectivity index (χ0) is 26.0. The molecule has 4 rings (SSSR count). The molecule has 3 aromatic carbocycles. The van der Waals surface area contributed by atoms with Gasteiger partial charge in [0.25, 0.3) is 10.0 Å². The Labute approximate surface area is 208 Å². The molecule has 10 heteroatoms. The van der Waals surface area contributed by atoms with E-state index in [9.17, 15) is 22.4 Å². The molecule has 1 atom stereocenters. The number of methoxy groups -OCH3 is 1. The van der Waals surface area contributed by atoms with Gasteiger partial charge in [-0.2, -0.15) is 5.10 Å². The maximum atomic E-state index is 13.3. The molecular weight excluding hydrogens is 485 g/mol. The zero-order valence-corrected chi connectivity index (χ0v) is 20.7. The molecule has 0 aliphatic carbocycles. The van der Waals surface area contributed by atoms with E-state index in [0.29, 0.717) is 27.8 Å². The average molecular weight is 510 g/mol. The second-order valence-corrected chi connectivity index (χ2v) is 9.98. The number of halogens is 1. The highest BCUT2D eigenvalue weighted by Crippen LogP contribution is 2.34. The van der Waals surface area contributed by atoms with Crippen LogP contribution in [0.15, 0.2) is 82.8 Å². The second kappa shape index (κ2) is 9.90. The Morgan fingerprint density at radius 3 is 2.11 bits per heavy atom. The van der Waals surface area contributed by atoms with Crippen molar-refractivity contribution >= 4 is 33.2 Å². The molecule has 186 valence electrons. The van der Waals surface area contributed by atoms with Crippen LogP contribution in [-0.4, -0.2) is 38.1 Å². The van der Waals surface area contributed by atoms with Crippen LogP contribution < -0.4 is 9.04 Å². The summed E-state index contributed by atoms with van der Waals surface area (Å²) in [7, 11) is -2.67. The van der Waals surface area contributed by atoms with Crippen molar-refractivity contribution in [2.24, 2.45) is 5.10 Å². The first kappa shape index (κ1) is 25.1. The molecule has 1 heterocycles. The first-order chi connectivity index (χ1) is 17.1. The number of carbonyl (C=O) groups is 2. The summed E-state index contributed by atoms with van der Waals surface area (Å²) in [5, 5.41) is 5.93. The summed E-state index contributed by atoms with van der Waals surface area (Å²) < 4.78 is 45.3. The van der Waals surface area contributed by atoms with E-state index >= 15 is 0 Å². The molecule has 3 aromatic rings. The molecule has 0 radical (unpaired) electrons. The minimum absolute atomic E-state index is 0.129.